The number of imide groups is 1. The highest BCUT2D eigenvalue weighted by molar-refractivity contribution is 6.04. The molecule has 1 aromatic heterocycles. The number of allylic oxidation sites excluding steroid dienone is 4. The van der Waals surface area contributed by atoms with Gasteiger partial charge >= 0.3 is 6.03 Å². The second-order valence-electron chi connectivity index (χ2n) is 9.09. The van der Waals surface area contributed by atoms with E-state index in [4.69, 9.17) is 9.15 Å². The first kappa shape index (κ1) is 34.2. The molecule has 0 spiro atoms. The predicted octanol–water partition coefficient (Wildman–Crippen LogP) is 5.39. The average molecular weight is 595 g/mol. The molecule has 0 radical (unpaired) electrons. The molecule has 0 saturated carbocycles. The largest absolute Gasteiger partial charge is 0.497 e. The summed E-state index contributed by atoms with van der Waals surface area (Å²) in [5, 5.41) is 7.49. The van der Waals surface area contributed by atoms with E-state index >= 15 is 0 Å². The summed E-state index contributed by atoms with van der Waals surface area (Å²) in [6.07, 6.45) is 11.2. The highest BCUT2D eigenvalue weighted by atomic mass is 19.1. The Bertz CT molecular complexity index is 1410. The average Bonchev–Trinajstić information content (AvgIpc) is 3.38. The summed E-state index contributed by atoms with van der Waals surface area (Å²) in [4.78, 5) is 43.6. The van der Waals surface area contributed by atoms with Crippen molar-refractivity contribution in [2.75, 3.05) is 28.3 Å². The van der Waals surface area contributed by atoms with Crippen LogP contribution in [0.25, 0.3) is 6.08 Å². The summed E-state index contributed by atoms with van der Waals surface area (Å²) in [5.74, 6) is 0.983. The number of carbonyl (C=O) groups is 3. The summed E-state index contributed by atoms with van der Waals surface area (Å²) in [5.41, 5.74) is 3.16. The van der Waals surface area contributed by atoms with Gasteiger partial charge in [0.15, 0.2) is 11.8 Å². The maximum Gasteiger partial charge on any atom is 0.322 e. The molecule has 4 amide bonds. The fraction of sp³-hybridized carbons (Fsp3) is 0.323. The number of methoxy groups -OCH3 is 1. The Kier molecular flexibility index (Phi) is 13.6. The van der Waals surface area contributed by atoms with Gasteiger partial charge in [-0.3, -0.25) is 24.9 Å². The van der Waals surface area contributed by atoms with Crippen LogP contribution in [-0.4, -0.2) is 63.4 Å². The van der Waals surface area contributed by atoms with Gasteiger partial charge in [-0.05, 0) is 36.8 Å². The number of urea groups is 1. The van der Waals surface area contributed by atoms with E-state index in [0.29, 0.717) is 34.9 Å². The van der Waals surface area contributed by atoms with Gasteiger partial charge in [0.05, 0.1) is 13.3 Å². The zero-order valence-corrected chi connectivity index (χ0v) is 25.5. The molecule has 3 N–H and O–H groups in total. The Morgan fingerprint density at radius 1 is 1.19 bits per heavy atom. The molecule has 1 unspecified atom stereocenters. The van der Waals surface area contributed by atoms with E-state index in [1.807, 2.05) is 39.0 Å². The lowest BCUT2D eigenvalue weighted by molar-refractivity contribution is -0.120. The second-order valence-corrected chi connectivity index (χ2v) is 9.09. The predicted molar refractivity (Wildman–Crippen MR) is 166 cm³/mol. The molecule has 1 fully saturated rings. The lowest BCUT2D eigenvalue weighted by Crippen LogP contribution is -2.22. The highest BCUT2D eigenvalue weighted by Gasteiger charge is 2.34. The van der Waals surface area contributed by atoms with Gasteiger partial charge in [-0.2, -0.15) is 0 Å². The third-order valence-electron chi connectivity index (χ3n) is 5.89. The van der Waals surface area contributed by atoms with Crippen LogP contribution in [0, 0.1) is 6.92 Å². The van der Waals surface area contributed by atoms with Crippen molar-refractivity contribution in [3.63, 3.8) is 0 Å². The number of benzene rings is 1. The van der Waals surface area contributed by atoms with Crippen LogP contribution in [-0.2, 0) is 4.79 Å². The number of fused-ring (bicyclic) bond motifs is 1. The third kappa shape index (κ3) is 10.1. The van der Waals surface area contributed by atoms with E-state index in [2.05, 4.69) is 25.9 Å². The molecule has 1 aromatic carbocycles. The minimum absolute atomic E-state index is 0.00130. The van der Waals surface area contributed by atoms with Crippen molar-refractivity contribution in [1.29, 1.82) is 0 Å². The summed E-state index contributed by atoms with van der Waals surface area (Å²) >= 11 is 0. The number of hydrogen-bond donors (Lipinski definition) is 3. The molecule has 1 atom stereocenters. The van der Waals surface area contributed by atoms with E-state index in [-0.39, 0.29) is 11.7 Å². The van der Waals surface area contributed by atoms with Crippen LogP contribution in [0.5, 0.6) is 5.75 Å². The first-order chi connectivity index (χ1) is 20.6. The first-order valence-corrected chi connectivity index (χ1v) is 13.7. The summed E-state index contributed by atoms with van der Waals surface area (Å²) in [6, 6.07) is 5.88. The summed E-state index contributed by atoms with van der Waals surface area (Å²) in [6.45, 7) is 5.91. The number of hydrogen-bond acceptors (Lipinski definition) is 8. The molecular formula is C31H39FN6O5. The number of carbonyl (C=O) groups excluding carboxylic acids is 3. The van der Waals surface area contributed by atoms with Gasteiger partial charge in [0.1, 0.15) is 23.0 Å². The van der Waals surface area contributed by atoms with Gasteiger partial charge in [-0.25, -0.2) is 9.18 Å². The van der Waals surface area contributed by atoms with Crippen molar-refractivity contribution in [2.24, 2.45) is 9.98 Å². The SMILES string of the molecule is CC.CNC1=CC(F)=CN=CC1.COc1ccc(C)c(C(=O)N(C)C)c1.O=C1NC(=O)C(c2cc3c(o2)C=CCC=N3)N1. The van der Waals surface area contributed by atoms with Crippen LogP contribution in [0.2, 0.25) is 0 Å². The molecule has 5 rings (SSSR count). The minimum atomic E-state index is -0.766. The van der Waals surface area contributed by atoms with Crippen molar-refractivity contribution < 1.29 is 27.9 Å². The zero-order valence-electron chi connectivity index (χ0n) is 25.5. The topological polar surface area (TPSA) is 138 Å². The van der Waals surface area contributed by atoms with Crippen molar-refractivity contribution in [1.82, 2.24) is 20.9 Å². The summed E-state index contributed by atoms with van der Waals surface area (Å²) in [7, 11) is 6.83. The third-order valence-corrected chi connectivity index (χ3v) is 5.89. The Hall–Kier alpha value is -5.00. The standard InChI is InChI=1S/C11H9N3O3.C11H15NO2.C7H9FN2.C2H6/c15-10-9(13-11(16)14-10)8-5-6-7(17-8)3-1-2-4-12-6;1-8-5-6-9(14-4)7-10(8)11(13)12(2)3;1-9-7-2-3-10-5-6(8)4-7;1-2/h1,3-5,9H,2H2,(H2,13,14,15,16);5-7H,1-4H3;3-5,9H,2H2,1H3;1-2H3. The summed E-state index contributed by atoms with van der Waals surface area (Å²) < 4.78 is 23.1. The van der Waals surface area contributed by atoms with Crippen LogP contribution >= 0.6 is 0 Å². The highest BCUT2D eigenvalue weighted by Crippen LogP contribution is 2.31. The smallest absolute Gasteiger partial charge is 0.322 e. The van der Waals surface area contributed by atoms with Crippen molar-refractivity contribution in [2.45, 2.75) is 39.7 Å². The van der Waals surface area contributed by atoms with Gasteiger partial charge in [0.2, 0.25) is 0 Å². The Morgan fingerprint density at radius 3 is 2.56 bits per heavy atom. The fourth-order valence-electron chi connectivity index (χ4n) is 3.69. The normalized spacial score (nSPS) is 16.0. The molecule has 0 bridgehead atoms. The number of furan rings is 1. The maximum atomic E-state index is 12.5. The number of aryl methyl sites for hydroxylation is 1. The molecule has 0 aliphatic carbocycles. The van der Waals surface area contributed by atoms with E-state index in [1.54, 1.807) is 63.8 Å². The monoisotopic (exact) mass is 594 g/mol. The molecule has 230 valence electrons. The molecule has 1 saturated heterocycles. The van der Waals surface area contributed by atoms with Crippen LogP contribution < -0.4 is 20.7 Å². The van der Waals surface area contributed by atoms with Crippen molar-refractivity contribution in [3.8, 4) is 5.75 Å². The molecule has 2 aromatic rings. The number of nitrogens with zero attached hydrogens (tertiary/aromatic N) is 3. The van der Waals surface area contributed by atoms with E-state index < -0.39 is 18.0 Å². The molecule has 11 nitrogen and oxygen atoms in total. The quantitative estimate of drug-likeness (QED) is 0.406. The molecule has 3 aliphatic rings. The maximum absolute atomic E-state index is 12.5. The minimum Gasteiger partial charge on any atom is -0.497 e. The van der Waals surface area contributed by atoms with Crippen LogP contribution in [0.3, 0.4) is 0 Å². The van der Waals surface area contributed by atoms with Gasteiger partial charge in [0, 0.05) is 63.7 Å². The second kappa shape index (κ2) is 17.1. The van der Waals surface area contributed by atoms with E-state index in [1.165, 1.54) is 12.3 Å². The Balaban J connectivity index is 0.000000226. The van der Waals surface area contributed by atoms with Gasteiger partial charge in [0.25, 0.3) is 11.8 Å². The number of aliphatic imine (C=N–C) groups is 2. The van der Waals surface area contributed by atoms with Gasteiger partial charge < -0.3 is 24.7 Å². The number of rotatable bonds is 4. The lowest BCUT2D eigenvalue weighted by Gasteiger charge is -2.13. The van der Waals surface area contributed by atoms with Gasteiger partial charge in [-0.15, -0.1) is 0 Å². The molecule has 12 heteroatoms. The first-order valence-electron chi connectivity index (χ1n) is 13.7. The Labute approximate surface area is 251 Å². The molecule has 4 heterocycles. The van der Waals surface area contributed by atoms with Crippen molar-refractivity contribution in [3.05, 3.63) is 76.8 Å². The fourth-order valence-corrected chi connectivity index (χ4v) is 3.69. The molecule has 43 heavy (non-hydrogen) atoms. The number of nitrogens with one attached hydrogen (secondary N) is 3. The zero-order chi connectivity index (χ0) is 31.9. The molecule has 3 aliphatic heterocycles. The van der Waals surface area contributed by atoms with Crippen LogP contribution in [0.15, 0.2) is 68.5 Å². The van der Waals surface area contributed by atoms with E-state index in [0.717, 1.165) is 17.7 Å². The van der Waals surface area contributed by atoms with Crippen LogP contribution in [0.1, 0.15) is 60.2 Å². The number of amides is 4. The number of ether oxygens (including phenoxy) is 1. The van der Waals surface area contributed by atoms with Crippen LogP contribution in [0.4, 0.5) is 14.9 Å². The number of halogens is 1. The van der Waals surface area contributed by atoms with E-state index in [9.17, 15) is 18.8 Å². The van der Waals surface area contributed by atoms with Gasteiger partial charge in [-0.1, -0.05) is 26.0 Å². The van der Waals surface area contributed by atoms with Crippen molar-refractivity contribution >= 4 is 42.0 Å². The molecular weight excluding hydrogens is 555 g/mol. The Morgan fingerprint density at radius 2 is 1.93 bits per heavy atom. The lowest BCUT2D eigenvalue weighted by atomic mass is 10.1.